The van der Waals surface area contributed by atoms with Gasteiger partial charge in [-0.05, 0) is 43.5 Å². The van der Waals surface area contributed by atoms with Gasteiger partial charge in [0.25, 0.3) is 5.91 Å². The molecule has 0 saturated carbocycles. The number of carbonyl (C=O) groups excluding carboxylic acids is 1. The summed E-state index contributed by atoms with van der Waals surface area (Å²) in [5.74, 6) is -0.731. The van der Waals surface area contributed by atoms with Crippen molar-refractivity contribution >= 4 is 5.91 Å². The summed E-state index contributed by atoms with van der Waals surface area (Å²) in [7, 11) is 0. The van der Waals surface area contributed by atoms with E-state index in [0.717, 1.165) is 31.9 Å². The maximum Gasteiger partial charge on any atom is 0.256 e. The number of amides is 1. The molecular formula is C23H25F2N5O2. The minimum atomic E-state index is -0.490. The fourth-order valence-corrected chi connectivity index (χ4v) is 4.26. The van der Waals surface area contributed by atoms with E-state index in [4.69, 9.17) is 4.74 Å². The third kappa shape index (κ3) is 4.76. The summed E-state index contributed by atoms with van der Waals surface area (Å²) in [6.07, 6.45) is 7.51. The number of benzene rings is 1. The zero-order chi connectivity index (χ0) is 22.5. The largest absolute Gasteiger partial charge is 0.477 e. The Bertz CT molecular complexity index is 1040. The Kier molecular flexibility index (Phi) is 6.72. The molecule has 3 heterocycles. The molecule has 1 fully saturated rings. The molecule has 1 unspecified atom stereocenters. The van der Waals surface area contributed by atoms with Gasteiger partial charge in [-0.25, -0.2) is 13.8 Å². The van der Waals surface area contributed by atoms with Gasteiger partial charge in [0.15, 0.2) is 0 Å². The molecule has 32 heavy (non-hydrogen) atoms. The first-order chi connectivity index (χ1) is 15.6. The zero-order valence-corrected chi connectivity index (χ0v) is 17.8. The van der Waals surface area contributed by atoms with Crippen molar-refractivity contribution < 1.29 is 18.3 Å². The molecule has 0 spiro atoms. The van der Waals surface area contributed by atoms with Gasteiger partial charge in [0, 0.05) is 24.6 Å². The van der Waals surface area contributed by atoms with E-state index < -0.39 is 11.6 Å². The van der Waals surface area contributed by atoms with Crippen LogP contribution in [0, 0.1) is 17.6 Å². The standard InChI is InChI=1S/C23H25F2N5O2/c1-2-4-20-16(15-32-22-9-7-18(25)14-26-22)5-3-12-29(20)23(31)19-13-17(24)6-8-21(19)30-27-10-11-28-30/h6-11,13-14,16,20H,2-5,12,15H2,1H3/t16-,20?/m1/s1. The Hall–Kier alpha value is -3.36. The Labute approximate surface area is 185 Å². The summed E-state index contributed by atoms with van der Waals surface area (Å²) in [6, 6.07) is 6.78. The summed E-state index contributed by atoms with van der Waals surface area (Å²) in [4.78, 5) is 20.7. The number of likely N-dealkylation sites (tertiary alicyclic amines) is 1. The van der Waals surface area contributed by atoms with Crippen molar-refractivity contribution in [3.63, 3.8) is 0 Å². The normalized spacial score (nSPS) is 18.5. The molecule has 168 valence electrons. The molecular weight excluding hydrogens is 416 g/mol. The maximum absolute atomic E-state index is 14.1. The molecule has 1 saturated heterocycles. The van der Waals surface area contributed by atoms with E-state index >= 15 is 0 Å². The zero-order valence-electron chi connectivity index (χ0n) is 17.8. The van der Waals surface area contributed by atoms with Crippen molar-refractivity contribution in [2.24, 2.45) is 5.92 Å². The number of aromatic nitrogens is 4. The molecule has 4 rings (SSSR count). The van der Waals surface area contributed by atoms with Gasteiger partial charge < -0.3 is 9.64 Å². The lowest BCUT2D eigenvalue weighted by Crippen LogP contribution is -2.50. The van der Waals surface area contributed by atoms with E-state index in [-0.39, 0.29) is 23.4 Å². The average molecular weight is 441 g/mol. The van der Waals surface area contributed by atoms with Crippen molar-refractivity contribution in [2.75, 3.05) is 13.2 Å². The number of hydrogen-bond donors (Lipinski definition) is 0. The Morgan fingerprint density at radius 3 is 2.66 bits per heavy atom. The highest BCUT2D eigenvalue weighted by atomic mass is 19.1. The Morgan fingerprint density at radius 1 is 1.16 bits per heavy atom. The summed E-state index contributed by atoms with van der Waals surface area (Å²) >= 11 is 0. The molecule has 2 atom stereocenters. The fraction of sp³-hybridized carbons (Fsp3) is 0.391. The van der Waals surface area contributed by atoms with Gasteiger partial charge in [-0.15, -0.1) is 0 Å². The van der Waals surface area contributed by atoms with E-state index in [1.165, 1.54) is 47.5 Å². The van der Waals surface area contributed by atoms with Crippen molar-refractivity contribution in [3.05, 3.63) is 66.1 Å². The number of halogens is 2. The molecule has 3 aromatic rings. The van der Waals surface area contributed by atoms with Crippen LogP contribution in [0.25, 0.3) is 5.69 Å². The number of hydrogen-bond acceptors (Lipinski definition) is 5. The lowest BCUT2D eigenvalue weighted by Gasteiger charge is -2.41. The van der Waals surface area contributed by atoms with Gasteiger partial charge in [-0.1, -0.05) is 13.3 Å². The molecule has 0 N–H and O–H groups in total. The molecule has 9 heteroatoms. The number of piperidine rings is 1. The quantitative estimate of drug-likeness (QED) is 0.553. The fourth-order valence-electron chi connectivity index (χ4n) is 4.26. The van der Waals surface area contributed by atoms with E-state index in [2.05, 4.69) is 22.1 Å². The number of rotatable bonds is 7. The summed E-state index contributed by atoms with van der Waals surface area (Å²) < 4.78 is 33.0. The predicted molar refractivity (Wildman–Crippen MR) is 113 cm³/mol. The highest BCUT2D eigenvalue weighted by Crippen LogP contribution is 2.30. The molecule has 1 amide bonds. The minimum absolute atomic E-state index is 0.0663. The summed E-state index contributed by atoms with van der Waals surface area (Å²) in [6.45, 7) is 3.01. The van der Waals surface area contributed by atoms with Crippen molar-refractivity contribution in [2.45, 2.75) is 38.6 Å². The van der Waals surface area contributed by atoms with Crippen LogP contribution in [0.5, 0.6) is 5.88 Å². The Morgan fingerprint density at radius 2 is 1.94 bits per heavy atom. The molecule has 1 aliphatic heterocycles. The van der Waals surface area contributed by atoms with Crippen LogP contribution in [0.1, 0.15) is 43.0 Å². The predicted octanol–water partition coefficient (Wildman–Crippen LogP) is 4.04. The first-order valence-electron chi connectivity index (χ1n) is 10.8. The topological polar surface area (TPSA) is 73.1 Å². The average Bonchev–Trinajstić information content (AvgIpc) is 3.34. The molecule has 7 nitrogen and oxygen atoms in total. The maximum atomic E-state index is 14.1. The first kappa shape index (κ1) is 21.9. The smallest absolute Gasteiger partial charge is 0.256 e. The molecule has 1 aliphatic rings. The van der Waals surface area contributed by atoms with Gasteiger partial charge in [-0.2, -0.15) is 15.0 Å². The van der Waals surface area contributed by atoms with Crippen LogP contribution >= 0.6 is 0 Å². The molecule has 0 bridgehead atoms. The van der Waals surface area contributed by atoms with Crippen LogP contribution in [0.15, 0.2) is 48.9 Å². The third-order valence-electron chi connectivity index (χ3n) is 5.73. The minimum Gasteiger partial charge on any atom is -0.477 e. The number of nitrogens with zero attached hydrogens (tertiary/aromatic N) is 5. The SMILES string of the molecule is CCCC1[C@@H](COc2ccc(F)cn2)CCCN1C(=O)c1cc(F)ccc1-n1nccn1. The van der Waals surface area contributed by atoms with Crippen LogP contribution in [-0.4, -0.2) is 50.0 Å². The number of pyridine rings is 1. The Balaban J connectivity index is 1.57. The first-order valence-corrected chi connectivity index (χ1v) is 10.8. The van der Waals surface area contributed by atoms with Gasteiger partial charge in [0.1, 0.15) is 11.6 Å². The van der Waals surface area contributed by atoms with E-state index in [1.807, 2.05) is 4.90 Å². The third-order valence-corrected chi connectivity index (χ3v) is 5.73. The van der Waals surface area contributed by atoms with Gasteiger partial charge in [0.05, 0.1) is 36.4 Å². The van der Waals surface area contributed by atoms with Crippen molar-refractivity contribution in [1.82, 2.24) is 24.9 Å². The number of carbonyl (C=O) groups is 1. The summed E-state index contributed by atoms with van der Waals surface area (Å²) in [5.41, 5.74) is 0.662. The second kappa shape index (κ2) is 9.84. The molecule has 0 radical (unpaired) electrons. The highest BCUT2D eigenvalue weighted by molar-refractivity contribution is 5.98. The molecule has 1 aromatic carbocycles. The van der Waals surface area contributed by atoms with Crippen LogP contribution in [0.2, 0.25) is 0 Å². The van der Waals surface area contributed by atoms with E-state index in [9.17, 15) is 13.6 Å². The van der Waals surface area contributed by atoms with Gasteiger partial charge in [-0.3, -0.25) is 4.79 Å². The second-order valence-electron chi connectivity index (χ2n) is 7.86. The van der Waals surface area contributed by atoms with Gasteiger partial charge >= 0.3 is 0 Å². The van der Waals surface area contributed by atoms with Crippen molar-refractivity contribution in [1.29, 1.82) is 0 Å². The number of ether oxygens (including phenoxy) is 1. The highest BCUT2D eigenvalue weighted by Gasteiger charge is 2.35. The molecule has 0 aliphatic carbocycles. The van der Waals surface area contributed by atoms with Crippen molar-refractivity contribution in [3.8, 4) is 11.6 Å². The van der Waals surface area contributed by atoms with Crippen LogP contribution in [0.4, 0.5) is 8.78 Å². The monoisotopic (exact) mass is 441 g/mol. The van der Waals surface area contributed by atoms with Crippen LogP contribution < -0.4 is 4.74 Å². The lowest BCUT2D eigenvalue weighted by molar-refractivity contribution is 0.0377. The van der Waals surface area contributed by atoms with Gasteiger partial charge in [0.2, 0.25) is 5.88 Å². The lowest BCUT2D eigenvalue weighted by atomic mass is 9.86. The van der Waals surface area contributed by atoms with E-state index in [0.29, 0.717) is 24.7 Å². The van der Waals surface area contributed by atoms with E-state index in [1.54, 1.807) is 0 Å². The molecule has 2 aromatic heterocycles. The van der Waals surface area contributed by atoms with Crippen LogP contribution in [0.3, 0.4) is 0 Å². The second-order valence-corrected chi connectivity index (χ2v) is 7.86. The summed E-state index contributed by atoms with van der Waals surface area (Å²) in [5, 5.41) is 8.21. The van der Waals surface area contributed by atoms with Crippen LogP contribution in [-0.2, 0) is 0 Å².